The minimum absolute atomic E-state index is 0.185. The zero-order chi connectivity index (χ0) is 14.2. The molecule has 0 spiro atoms. The molecule has 5 nitrogen and oxygen atoms in total. The van der Waals surface area contributed by atoms with Gasteiger partial charge < -0.3 is 11.1 Å². The SMILES string of the molecule is Cc1cc(N)cc(C(=O)NC2C=CS(=O)(=O)C2)c1F. The fraction of sp³-hybridized carbons (Fsp3) is 0.250. The second kappa shape index (κ2) is 4.65. The molecule has 3 N–H and O–H groups in total. The number of hydrogen-bond acceptors (Lipinski definition) is 4. The quantitative estimate of drug-likeness (QED) is 0.784. The fourth-order valence-electron chi connectivity index (χ4n) is 1.87. The molecule has 0 fully saturated rings. The molecule has 1 atom stereocenters. The standard InChI is InChI=1S/C12H13FN2O3S/c1-7-4-8(14)5-10(11(7)13)12(16)15-9-2-3-19(17,18)6-9/h2-5,9H,6,14H2,1H3,(H,15,16). The molecule has 1 heterocycles. The van der Waals surface area contributed by atoms with Crippen molar-refractivity contribution in [3.8, 4) is 0 Å². The molecule has 0 saturated carbocycles. The van der Waals surface area contributed by atoms with Crippen molar-refractivity contribution in [2.75, 3.05) is 11.5 Å². The number of nitrogens with one attached hydrogen (secondary N) is 1. The summed E-state index contributed by atoms with van der Waals surface area (Å²) in [4.78, 5) is 11.9. The van der Waals surface area contributed by atoms with E-state index in [2.05, 4.69) is 5.32 Å². The summed E-state index contributed by atoms with van der Waals surface area (Å²) in [6.07, 6.45) is 1.37. The third-order valence-corrected chi connectivity index (χ3v) is 4.16. The van der Waals surface area contributed by atoms with E-state index in [1.54, 1.807) is 0 Å². The lowest BCUT2D eigenvalue weighted by molar-refractivity contribution is 0.0943. The van der Waals surface area contributed by atoms with E-state index in [9.17, 15) is 17.6 Å². The van der Waals surface area contributed by atoms with E-state index < -0.39 is 27.6 Å². The van der Waals surface area contributed by atoms with E-state index in [0.717, 1.165) is 5.41 Å². The number of hydrogen-bond donors (Lipinski definition) is 2. The van der Waals surface area contributed by atoms with Gasteiger partial charge in [0, 0.05) is 11.1 Å². The third-order valence-electron chi connectivity index (χ3n) is 2.77. The average molecular weight is 284 g/mol. The second-order valence-electron chi connectivity index (χ2n) is 4.44. The Morgan fingerprint density at radius 3 is 2.74 bits per heavy atom. The maximum atomic E-state index is 13.8. The van der Waals surface area contributed by atoms with Crippen LogP contribution in [0, 0.1) is 12.7 Å². The van der Waals surface area contributed by atoms with Crippen molar-refractivity contribution in [1.82, 2.24) is 5.32 Å². The highest BCUT2D eigenvalue weighted by Crippen LogP contribution is 2.18. The number of benzene rings is 1. The Bertz CT molecular complexity index is 668. The van der Waals surface area contributed by atoms with Crippen LogP contribution in [0.1, 0.15) is 15.9 Å². The lowest BCUT2D eigenvalue weighted by Gasteiger charge is -2.12. The molecular weight excluding hydrogens is 271 g/mol. The normalized spacial score (nSPS) is 20.4. The van der Waals surface area contributed by atoms with Crippen LogP contribution in [0.2, 0.25) is 0 Å². The van der Waals surface area contributed by atoms with Crippen molar-refractivity contribution in [1.29, 1.82) is 0 Å². The van der Waals surface area contributed by atoms with E-state index >= 15 is 0 Å². The number of aryl methyl sites for hydroxylation is 1. The first-order chi connectivity index (χ1) is 8.78. The molecule has 1 aromatic rings. The molecule has 1 aliphatic rings. The van der Waals surface area contributed by atoms with Crippen molar-refractivity contribution >= 4 is 21.4 Å². The maximum absolute atomic E-state index is 13.8. The Balaban J connectivity index is 2.20. The van der Waals surface area contributed by atoms with Gasteiger partial charge in [0.15, 0.2) is 9.84 Å². The largest absolute Gasteiger partial charge is 0.399 e. The van der Waals surface area contributed by atoms with Gasteiger partial charge in [0.05, 0.1) is 17.4 Å². The van der Waals surface area contributed by atoms with Gasteiger partial charge in [-0.2, -0.15) is 0 Å². The number of sulfone groups is 1. The molecule has 0 aliphatic carbocycles. The molecular formula is C12H13FN2O3S. The lowest BCUT2D eigenvalue weighted by Crippen LogP contribution is -2.36. The number of rotatable bonds is 2. The molecule has 0 radical (unpaired) electrons. The zero-order valence-corrected chi connectivity index (χ0v) is 11.0. The van der Waals surface area contributed by atoms with Gasteiger partial charge in [0.2, 0.25) is 0 Å². The monoisotopic (exact) mass is 284 g/mol. The number of carbonyl (C=O) groups is 1. The zero-order valence-electron chi connectivity index (χ0n) is 10.2. The molecule has 1 aliphatic heterocycles. The van der Waals surface area contributed by atoms with Crippen LogP contribution < -0.4 is 11.1 Å². The van der Waals surface area contributed by atoms with E-state index in [0.29, 0.717) is 0 Å². The molecule has 0 aromatic heterocycles. The molecule has 1 amide bonds. The summed E-state index contributed by atoms with van der Waals surface area (Å²) in [5.74, 6) is -1.54. The summed E-state index contributed by atoms with van der Waals surface area (Å²) >= 11 is 0. The van der Waals surface area contributed by atoms with Gasteiger partial charge in [-0.1, -0.05) is 0 Å². The Hall–Kier alpha value is -1.89. The van der Waals surface area contributed by atoms with Gasteiger partial charge >= 0.3 is 0 Å². The number of anilines is 1. The minimum Gasteiger partial charge on any atom is -0.399 e. The van der Waals surface area contributed by atoms with Crippen LogP contribution in [0.3, 0.4) is 0 Å². The first kappa shape index (κ1) is 13.5. The van der Waals surface area contributed by atoms with E-state index in [4.69, 9.17) is 5.73 Å². The van der Waals surface area contributed by atoms with Gasteiger partial charge in [-0.15, -0.1) is 0 Å². The van der Waals surface area contributed by atoms with Crippen LogP contribution in [-0.2, 0) is 9.84 Å². The molecule has 2 rings (SSSR count). The Morgan fingerprint density at radius 2 is 2.16 bits per heavy atom. The van der Waals surface area contributed by atoms with Crippen molar-refractivity contribution in [3.63, 3.8) is 0 Å². The average Bonchev–Trinajstić information content (AvgIpc) is 2.63. The summed E-state index contributed by atoms with van der Waals surface area (Å²) in [7, 11) is -3.26. The van der Waals surface area contributed by atoms with Gasteiger partial charge in [-0.05, 0) is 30.7 Å². The van der Waals surface area contributed by atoms with Crippen molar-refractivity contribution in [2.45, 2.75) is 13.0 Å². The van der Waals surface area contributed by atoms with Crippen LogP contribution in [0.5, 0.6) is 0 Å². The predicted octanol–water partition coefficient (Wildman–Crippen LogP) is 0.757. The summed E-state index contributed by atoms with van der Waals surface area (Å²) in [5, 5.41) is 3.49. The van der Waals surface area contributed by atoms with E-state index in [1.807, 2.05) is 0 Å². The van der Waals surface area contributed by atoms with Crippen LogP contribution in [0.4, 0.5) is 10.1 Å². The second-order valence-corrected chi connectivity index (χ2v) is 6.37. The molecule has 102 valence electrons. The highest BCUT2D eigenvalue weighted by molar-refractivity contribution is 7.94. The van der Waals surface area contributed by atoms with Crippen LogP contribution >= 0.6 is 0 Å². The molecule has 0 bridgehead atoms. The Kier molecular flexibility index (Phi) is 3.32. The predicted molar refractivity (Wildman–Crippen MR) is 69.7 cm³/mol. The first-order valence-corrected chi connectivity index (χ1v) is 7.27. The summed E-state index contributed by atoms with van der Waals surface area (Å²) in [6.45, 7) is 1.50. The van der Waals surface area contributed by atoms with Crippen LogP contribution in [0.15, 0.2) is 23.6 Å². The van der Waals surface area contributed by atoms with Crippen LogP contribution in [0.25, 0.3) is 0 Å². The summed E-state index contributed by atoms with van der Waals surface area (Å²) < 4.78 is 36.2. The van der Waals surface area contributed by atoms with Gasteiger partial charge in [-0.3, -0.25) is 4.79 Å². The summed E-state index contributed by atoms with van der Waals surface area (Å²) in [6, 6.07) is 2.01. The third kappa shape index (κ3) is 2.93. The number of nitrogens with two attached hydrogens (primary N) is 1. The molecule has 0 saturated heterocycles. The Morgan fingerprint density at radius 1 is 1.47 bits per heavy atom. The maximum Gasteiger partial charge on any atom is 0.254 e. The van der Waals surface area contributed by atoms with Gasteiger partial charge in [-0.25, -0.2) is 12.8 Å². The van der Waals surface area contributed by atoms with Gasteiger partial charge in [0.25, 0.3) is 5.91 Å². The minimum atomic E-state index is -3.26. The lowest BCUT2D eigenvalue weighted by atomic mass is 10.1. The van der Waals surface area contributed by atoms with Crippen molar-refractivity contribution in [2.24, 2.45) is 0 Å². The fourth-order valence-corrected chi connectivity index (χ4v) is 3.11. The summed E-state index contributed by atoms with van der Waals surface area (Å²) in [5.41, 5.74) is 5.92. The first-order valence-electron chi connectivity index (χ1n) is 5.56. The number of carbonyl (C=O) groups excluding carboxylic acids is 1. The molecule has 19 heavy (non-hydrogen) atoms. The van der Waals surface area contributed by atoms with Crippen molar-refractivity contribution < 1.29 is 17.6 Å². The topological polar surface area (TPSA) is 89.3 Å². The number of halogens is 1. The number of nitrogen functional groups attached to an aromatic ring is 1. The highest BCUT2D eigenvalue weighted by atomic mass is 32.2. The number of amides is 1. The van der Waals surface area contributed by atoms with Crippen LogP contribution in [-0.4, -0.2) is 26.1 Å². The smallest absolute Gasteiger partial charge is 0.254 e. The van der Waals surface area contributed by atoms with Gasteiger partial charge in [0.1, 0.15) is 5.82 Å². The van der Waals surface area contributed by atoms with Crippen molar-refractivity contribution in [3.05, 3.63) is 40.6 Å². The molecule has 1 unspecified atom stereocenters. The van der Waals surface area contributed by atoms with E-state index in [-0.39, 0.29) is 22.6 Å². The highest BCUT2D eigenvalue weighted by Gasteiger charge is 2.24. The van der Waals surface area contributed by atoms with E-state index in [1.165, 1.54) is 25.1 Å². The molecule has 1 aromatic carbocycles. The Labute approximate surface area is 110 Å². The molecule has 7 heteroatoms.